The number of aromatic nitrogens is 3. The molecule has 0 aliphatic carbocycles. The first-order chi connectivity index (χ1) is 12.0. The van der Waals surface area contributed by atoms with Crippen LogP contribution in [0.4, 0.5) is 4.39 Å². The summed E-state index contributed by atoms with van der Waals surface area (Å²) in [5.74, 6) is -0.727. The molecular formula is C17H23FN4O3. The number of benzene rings is 1. The van der Waals surface area contributed by atoms with Crippen molar-refractivity contribution in [1.82, 2.24) is 20.3 Å². The van der Waals surface area contributed by atoms with Crippen LogP contribution >= 0.6 is 0 Å². The molecule has 0 spiro atoms. The first-order valence-corrected chi connectivity index (χ1v) is 8.23. The maximum Gasteiger partial charge on any atom is 0.273 e. The van der Waals surface area contributed by atoms with Crippen molar-refractivity contribution in [3.63, 3.8) is 0 Å². The van der Waals surface area contributed by atoms with Gasteiger partial charge in [0.05, 0.1) is 18.8 Å². The van der Waals surface area contributed by atoms with Gasteiger partial charge in [0.15, 0.2) is 12.0 Å². The molecule has 1 heterocycles. The van der Waals surface area contributed by atoms with Crippen LogP contribution in [0.2, 0.25) is 0 Å². The molecule has 1 atom stereocenters. The van der Waals surface area contributed by atoms with Gasteiger partial charge in [-0.15, -0.1) is 5.10 Å². The predicted octanol–water partition coefficient (Wildman–Crippen LogP) is 2.31. The molecule has 0 saturated heterocycles. The number of hydrogen-bond acceptors (Lipinski definition) is 5. The third kappa shape index (κ3) is 5.61. The van der Waals surface area contributed by atoms with E-state index in [0.717, 1.165) is 0 Å². The largest absolute Gasteiger partial charge is 0.351 e. The minimum absolute atomic E-state index is 0.176. The Bertz CT molecular complexity index is 686. The lowest BCUT2D eigenvalue weighted by molar-refractivity contribution is -0.145. The summed E-state index contributed by atoms with van der Waals surface area (Å²) in [4.78, 5) is 12.3. The second-order valence-corrected chi connectivity index (χ2v) is 5.42. The van der Waals surface area contributed by atoms with Crippen LogP contribution in [0.15, 0.2) is 30.5 Å². The van der Waals surface area contributed by atoms with Crippen molar-refractivity contribution < 1.29 is 18.7 Å². The molecule has 0 fully saturated rings. The number of amides is 1. The highest BCUT2D eigenvalue weighted by atomic mass is 19.1. The number of carbonyl (C=O) groups excluding carboxylic acids is 1. The Kier molecular flexibility index (Phi) is 7.03. The topological polar surface area (TPSA) is 78.3 Å². The van der Waals surface area contributed by atoms with Gasteiger partial charge in [-0.25, -0.2) is 9.07 Å². The first-order valence-electron chi connectivity index (χ1n) is 8.23. The Labute approximate surface area is 146 Å². The van der Waals surface area contributed by atoms with E-state index < -0.39 is 6.29 Å². The average molecular weight is 350 g/mol. The third-order valence-corrected chi connectivity index (χ3v) is 3.51. The molecule has 0 bridgehead atoms. The molecule has 1 unspecified atom stereocenters. The summed E-state index contributed by atoms with van der Waals surface area (Å²) in [7, 11) is 0. The van der Waals surface area contributed by atoms with E-state index >= 15 is 0 Å². The van der Waals surface area contributed by atoms with Crippen molar-refractivity contribution in [3.8, 4) is 0 Å². The highest BCUT2D eigenvalue weighted by Gasteiger charge is 2.17. The fourth-order valence-corrected chi connectivity index (χ4v) is 2.30. The quantitative estimate of drug-likeness (QED) is 0.702. The fraction of sp³-hybridized carbons (Fsp3) is 0.471. The maximum atomic E-state index is 13.3. The Morgan fingerprint density at radius 2 is 2.04 bits per heavy atom. The third-order valence-electron chi connectivity index (χ3n) is 3.51. The van der Waals surface area contributed by atoms with E-state index in [1.54, 1.807) is 19.1 Å². The average Bonchev–Trinajstić information content (AvgIpc) is 3.04. The molecule has 1 aromatic carbocycles. The molecule has 0 aliphatic heterocycles. The summed E-state index contributed by atoms with van der Waals surface area (Å²) >= 11 is 0. The summed E-state index contributed by atoms with van der Waals surface area (Å²) in [6.45, 7) is 6.88. The molecule has 2 aromatic rings. The summed E-state index contributed by atoms with van der Waals surface area (Å²) in [5.41, 5.74) is 0.850. The predicted molar refractivity (Wildman–Crippen MR) is 89.3 cm³/mol. The first kappa shape index (κ1) is 19.0. The van der Waals surface area contributed by atoms with Crippen LogP contribution in [-0.4, -0.2) is 40.4 Å². The van der Waals surface area contributed by atoms with Crippen molar-refractivity contribution in [3.05, 3.63) is 47.5 Å². The van der Waals surface area contributed by atoms with Crippen molar-refractivity contribution >= 4 is 5.91 Å². The summed E-state index contributed by atoms with van der Waals surface area (Å²) in [5, 5.41) is 10.6. The maximum absolute atomic E-state index is 13.3. The monoisotopic (exact) mass is 350 g/mol. The SMILES string of the molecule is CCOC(Cn1cc(C(=O)NC(C)c2cccc(F)c2)nn1)OCC. The lowest BCUT2D eigenvalue weighted by atomic mass is 10.1. The molecule has 0 radical (unpaired) electrons. The smallest absolute Gasteiger partial charge is 0.273 e. The molecular weight excluding hydrogens is 327 g/mol. The zero-order valence-electron chi connectivity index (χ0n) is 14.6. The minimum atomic E-state index is -0.446. The van der Waals surface area contributed by atoms with Gasteiger partial charge in [-0.1, -0.05) is 17.3 Å². The normalized spacial score (nSPS) is 12.4. The molecule has 0 aliphatic rings. The summed E-state index contributed by atoms with van der Waals surface area (Å²) in [6, 6.07) is 5.74. The molecule has 25 heavy (non-hydrogen) atoms. The van der Waals surface area contributed by atoms with E-state index in [-0.39, 0.29) is 23.5 Å². The van der Waals surface area contributed by atoms with E-state index in [4.69, 9.17) is 9.47 Å². The zero-order chi connectivity index (χ0) is 18.2. The van der Waals surface area contributed by atoms with Crippen molar-refractivity contribution in [2.75, 3.05) is 13.2 Å². The van der Waals surface area contributed by atoms with Gasteiger partial charge in [-0.05, 0) is 38.5 Å². The number of rotatable bonds is 9. The number of nitrogens with zero attached hydrogens (tertiary/aromatic N) is 3. The lowest BCUT2D eigenvalue weighted by Gasteiger charge is -2.16. The van der Waals surface area contributed by atoms with Gasteiger partial charge in [-0.2, -0.15) is 0 Å². The number of carbonyl (C=O) groups is 1. The van der Waals surface area contributed by atoms with Gasteiger partial charge in [0.2, 0.25) is 0 Å². The van der Waals surface area contributed by atoms with Gasteiger partial charge in [0.25, 0.3) is 5.91 Å². The standard InChI is InChI=1S/C17H23FN4O3/c1-4-24-16(25-5-2)11-22-10-15(20-21-22)17(23)19-12(3)13-7-6-8-14(18)9-13/h6-10,12,16H,4-5,11H2,1-3H3,(H,19,23). The van der Waals surface area contributed by atoms with Gasteiger partial charge in [0, 0.05) is 13.2 Å². The van der Waals surface area contributed by atoms with Crippen LogP contribution in [0.25, 0.3) is 0 Å². The second-order valence-electron chi connectivity index (χ2n) is 5.42. The van der Waals surface area contributed by atoms with E-state index in [1.165, 1.54) is 23.0 Å². The zero-order valence-corrected chi connectivity index (χ0v) is 14.6. The second kappa shape index (κ2) is 9.24. The van der Waals surface area contributed by atoms with Crippen LogP contribution in [0.1, 0.15) is 42.9 Å². The number of nitrogens with one attached hydrogen (secondary N) is 1. The van der Waals surface area contributed by atoms with Gasteiger partial charge < -0.3 is 14.8 Å². The molecule has 2 rings (SSSR count). The molecule has 136 valence electrons. The fourth-order valence-electron chi connectivity index (χ4n) is 2.30. The number of hydrogen-bond donors (Lipinski definition) is 1. The van der Waals surface area contributed by atoms with Crippen LogP contribution < -0.4 is 5.32 Å². The van der Waals surface area contributed by atoms with Gasteiger partial charge in [-0.3, -0.25) is 4.79 Å². The molecule has 0 saturated carbocycles. The number of halogens is 1. The van der Waals surface area contributed by atoms with E-state index in [0.29, 0.717) is 25.3 Å². The highest BCUT2D eigenvalue weighted by molar-refractivity contribution is 5.92. The van der Waals surface area contributed by atoms with Crippen LogP contribution in [0.5, 0.6) is 0 Å². The lowest BCUT2D eigenvalue weighted by Crippen LogP contribution is -2.27. The van der Waals surface area contributed by atoms with Gasteiger partial charge in [0.1, 0.15) is 5.82 Å². The molecule has 1 aromatic heterocycles. The van der Waals surface area contributed by atoms with Crippen molar-refractivity contribution in [2.45, 2.75) is 39.6 Å². The highest BCUT2D eigenvalue weighted by Crippen LogP contribution is 2.14. The Balaban J connectivity index is 1.97. The van der Waals surface area contributed by atoms with Crippen LogP contribution in [0.3, 0.4) is 0 Å². The van der Waals surface area contributed by atoms with E-state index in [2.05, 4.69) is 15.6 Å². The molecule has 8 heteroatoms. The Hall–Kier alpha value is -2.32. The summed E-state index contributed by atoms with van der Waals surface area (Å²) in [6.07, 6.45) is 1.08. The Morgan fingerprint density at radius 1 is 1.32 bits per heavy atom. The Morgan fingerprint density at radius 3 is 2.68 bits per heavy atom. The van der Waals surface area contributed by atoms with Gasteiger partial charge >= 0.3 is 0 Å². The van der Waals surface area contributed by atoms with E-state index in [1.807, 2.05) is 13.8 Å². The minimum Gasteiger partial charge on any atom is -0.351 e. The summed E-state index contributed by atoms with van der Waals surface area (Å²) < 4.78 is 25.7. The number of ether oxygens (including phenoxy) is 2. The molecule has 1 amide bonds. The molecule has 7 nitrogen and oxygen atoms in total. The van der Waals surface area contributed by atoms with Crippen LogP contribution in [-0.2, 0) is 16.0 Å². The van der Waals surface area contributed by atoms with Crippen molar-refractivity contribution in [2.24, 2.45) is 0 Å². The van der Waals surface area contributed by atoms with Crippen molar-refractivity contribution in [1.29, 1.82) is 0 Å². The van der Waals surface area contributed by atoms with E-state index in [9.17, 15) is 9.18 Å². The molecule has 1 N–H and O–H groups in total. The van der Waals surface area contributed by atoms with Crippen LogP contribution in [0, 0.1) is 5.82 Å².